The van der Waals surface area contributed by atoms with Crippen LogP contribution in [0.15, 0.2) is 12.2 Å². The van der Waals surface area contributed by atoms with Crippen LogP contribution in [0.1, 0.15) is 341 Å². The predicted molar refractivity (Wildman–Crippen MR) is 292 cm³/mol. The van der Waals surface area contributed by atoms with E-state index in [9.17, 15) is 19.8 Å². The minimum atomic E-state index is -0.851. The highest BCUT2D eigenvalue weighted by atomic mass is 16.5. The maximum absolute atomic E-state index is 12.5. The quantitative estimate of drug-likeness (QED) is 0.0321. The molecule has 67 heavy (non-hydrogen) atoms. The van der Waals surface area contributed by atoms with Gasteiger partial charge in [-0.3, -0.25) is 9.59 Å². The number of aliphatic hydroxyl groups is 2. The Hall–Kier alpha value is -1.40. The molecule has 0 aliphatic rings. The van der Waals surface area contributed by atoms with Crippen molar-refractivity contribution in [3.05, 3.63) is 12.2 Å². The molecule has 0 heterocycles. The third-order valence-electron chi connectivity index (χ3n) is 14.3. The summed E-state index contributed by atoms with van der Waals surface area (Å²) in [7, 11) is 0. The Morgan fingerprint density at radius 1 is 0.403 bits per heavy atom. The molecule has 3 N–H and O–H groups in total. The molecule has 2 unspecified atom stereocenters. The number of nitrogens with one attached hydrogen (secondary N) is 1. The molecular formula is C61H119NO5. The van der Waals surface area contributed by atoms with Gasteiger partial charge in [0, 0.05) is 12.8 Å². The van der Waals surface area contributed by atoms with Gasteiger partial charge in [-0.05, 0) is 32.1 Å². The summed E-state index contributed by atoms with van der Waals surface area (Å²) < 4.78 is 5.49. The number of ether oxygens (including phenoxy) is 1. The van der Waals surface area contributed by atoms with E-state index in [2.05, 4.69) is 19.2 Å². The molecule has 0 aliphatic heterocycles. The van der Waals surface area contributed by atoms with Gasteiger partial charge in [0.2, 0.25) is 5.91 Å². The zero-order valence-corrected chi connectivity index (χ0v) is 45.4. The second-order valence-electron chi connectivity index (χ2n) is 21.0. The summed E-state index contributed by atoms with van der Waals surface area (Å²) in [5.74, 6) is -0.0735. The Morgan fingerprint density at radius 2 is 0.687 bits per heavy atom. The zero-order chi connectivity index (χ0) is 48.6. The van der Waals surface area contributed by atoms with Crippen LogP contribution in [0.4, 0.5) is 0 Å². The molecular weight excluding hydrogens is 827 g/mol. The molecule has 0 saturated heterocycles. The van der Waals surface area contributed by atoms with Crippen LogP contribution in [-0.2, 0) is 14.3 Å². The molecule has 0 aliphatic carbocycles. The maximum atomic E-state index is 12.5. The van der Waals surface area contributed by atoms with Crippen molar-refractivity contribution >= 4 is 11.9 Å². The smallest absolute Gasteiger partial charge is 0.305 e. The van der Waals surface area contributed by atoms with E-state index in [0.29, 0.717) is 19.4 Å². The third-order valence-corrected chi connectivity index (χ3v) is 14.3. The number of esters is 1. The van der Waals surface area contributed by atoms with E-state index in [0.717, 1.165) is 57.8 Å². The molecule has 0 rings (SSSR count). The number of hydrogen-bond acceptors (Lipinski definition) is 5. The van der Waals surface area contributed by atoms with Gasteiger partial charge in [-0.2, -0.15) is 0 Å². The number of amides is 1. The van der Waals surface area contributed by atoms with Crippen molar-refractivity contribution in [2.75, 3.05) is 13.2 Å². The van der Waals surface area contributed by atoms with Gasteiger partial charge in [-0.1, -0.05) is 309 Å². The molecule has 0 bridgehead atoms. The summed E-state index contributed by atoms with van der Waals surface area (Å²) in [6, 6.07) is -0.635. The standard InChI is InChI=1S/C61H119NO5/c1-3-5-7-9-11-13-15-17-19-21-22-24-25-29-33-37-41-45-49-53-59(64)58(57-63)62-60(65)54-50-46-42-38-34-30-27-28-32-36-40-44-48-52-56-67-61(66)55-51-47-43-39-35-31-26-23-20-18-16-14-12-10-8-6-4-2/h49,53,58-59,63-64H,3-48,50-52,54-57H2,1-2H3,(H,62,65)/b53-49+. The number of unbranched alkanes of at least 4 members (excludes halogenated alkanes) is 46. The van der Waals surface area contributed by atoms with Crippen LogP contribution < -0.4 is 5.32 Å². The Labute approximate surface area is 419 Å². The van der Waals surface area contributed by atoms with Gasteiger partial charge >= 0.3 is 5.97 Å². The third kappa shape index (κ3) is 53.8. The molecule has 1 amide bonds. The van der Waals surface area contributed by atoms with E-state index in [4.69, 9.17) is 4.74 Å². The van der Waals surface area contributed by atoms with E-state index in [-0.39, 0.29) is 18.5 Å². The SMILES string of the molecule is CCCCCCCCCCCCCCCCCCC/C=C/C(O)C(CO)NC(=O)CCCCCCCCCCCCCCCCOC(=O)CCCCCCCCCCCCCCCCCCC. The van der Waals surface area contributed by atoms with Crippen molar-refractivity contribution in [3.63, 3.8) is 0 Å². The molecule has 6 heteroatoms. The van der Waals surface area contributed by atoms with Crippen LogP contribution >= 0.6 is 0 Å². The van der Waals surface area contributed by atoms with Gasteiger partial charge < -0.3 is 20.3 Å². The molecule has 0 saturated carbocycles. The number of rotatable bonds is 57. The first kappa shape index (κ1) is 65.6. The lowest BCUT2D eigenvalue weighted by Gasteiger charge is -2.20. The van der Waals surface area contributed by atoms with Crippen LogP contribution in [-0.4, -0.2) is 47.4 Å². The lowest BCUT2D eigenvalue weighted by Crippen LogP contribution is -2.45. The van der Waals surface area contributed by atoms with Crippen LogP contribution in [0.25, 0.3) is 0 Å². The first-order valence-corrected chi connectivity index (χ1v) is 30.5. The summed E-state index contributed by atoms with van der Waals surface area (Å²) in [5.41, 5.74) is 0. The molecule has 0 aromatic heterocycles. The first-order valence-electron chi connectivity index (χ1n) is 30.5. The van der Waals surface area contributed by atoms with E-state index < -0.39 is 12.1 Å². The van der Waals surface area contributed by atoms with Crippen LogP contribution in [0, 0.1) is 0 Å². The molecule has 0 aromatic rings. The van der Waals surface area contributed by atoms with Crippen LogP contribution in [0.3, 0.4) is 0 Å². The van der Waals surface area contributed by atoms with E-state index in [1.165, 1.54) is 257 Å². The highest BCUT2D eigenvalue weighted by molar-refractivity contribution is 5.76. The highest BCUT2D eigenvalue weighted by Gasteiger charge is 2.18. The number of carbonyl (C=O) groups is 2. The largest absolute Gasteiger partial charge is 0.466 e. The maximum Gasteiger partial charge on any atom is 0.305 e. The Morgan fingerprint density at radius 3 is 1.01 bits per heavy atom. The molecule has 398 valence electrons. The van der Waals surface area contributed by atoms with Crippen molar-refractivity contribution in [2.45, 2.75) is 353 Å². The minimum Gasteiger partial charge on any atom is -0.466 e. The van der Waals surface area contributed by atoms with E-state index >= 15 is 0 Å². The molecule has 0 fully saturated rings. The summed E-state index contributed by atoms with van der Waals surface area (Å²) in [6.45, 7) is 4.91. The van der Waals surface area contributed by atoms with Crippen molar-refractivity contribution < 1.29 is 24.5 Å². The molecule has 2 atom stereocenters. The van der Waals surface area contributed by atoms with Crippen molar-refractivity contribution in [3.8, 4) is 0 Å². The Kier molecular flexibility index (Phi) is 56.0. The normalized spacial score (nSPS) is 12.6. The second kappa shape index (κ2) is 57.2. The number of allylic oxidation sites excluding steroid dienone is 1. The number of hydrogen-bond donors (Lipinski definition) is 3. The molecule has 6 nitrogen and oxygen atoms in total. The fourth-order valence-corrected chi connectivity index (χ4v) is 9.64. The van der Waals surface area contributed by atoms with Gasteiger partial charge in [0.15, 0.2) is 0 Å². The van der Waals surface area contributed by atoms with Gasteiger partial charge in [0.05, 0.1) is 25.4 Å². The van der Waals surface area contributed by atoms with Gasteiger partial charge in [-0.25, -0.2) is 0 Å². The van der Waals surface area contributed by atoms with Gasteiger partial charge in [-0.15, -0.1) is 0 Å². The Balaban J connectivity index is 3.44. The van der Waals surface area contributed by atoms with Crippen molar-refractivity contribution in [1.29, 1.82) is 0 Å². The van der Waals surface area contributed by atoms with Crippen LogP contribution in [0.5, 0.6) is 0 Å². The summed E-state index contributed by atoms with van der Waals surface area (Å²) in [5, 5.41) is 23.2. The minimum absolute atomic E-state index is 0.00141. The van der Waals surface area contributed by atoms with Crippen LogP contribution in [0.2, 0.25) is 0 Å². The van der Waals surface area contributed by atoms with E-state index in [1.807, 2.05) is 6.08 Å². The monoisotopic (exact) mass is 946 g/mol. The first-order chi connectivity index (χ1) is 33.0. The summed E-state index contributed by atoms with van der Waals surface area (Å²) in [4.78, 5) is 24.6. The topological polar surface area (TPSA) is 95.9 Å². The molecule has 0 radical (unpaired) electrons. The predicted octanol–water partition coefficient (Wildman–Crippen LogP) is 18.9. The van der Waals surface area contributed by atoms with Gasteiger partial charge in [0.25, 0.3) is 0 Å². The summed E-state index contributed by atoms with van der Waals surface area (Å²) in [6.07, 6.45) is 68.1. The second-order valence-corrected chi connectivity index (χ2v) is 21.0. The lowest BCUT2D eigenvalue weighted by atomic mass is 10.0. The fraction of sp³-hybridized carbons (Fsp3) is 0.934. The average Bonchev–Trinajstić information content (AvgIpc) is 3.33. The summed E-state index contributed by atoms with van der Waals surface area (Å²) >= 11 is 0. The zero-order valence-electron chi connectivity index (χ0n) is 45.4. The lowest BCUT2D eigenvalue weighted by molar-refractivity contribution is -0.143. The van der Waals surface area contributed by atoms with Crippen molar-refractivity contribution in [2.24, 2.45) is 0 Å². The molecule has 0 spiro atoms. The van der Waals surface area contributed by atoms with Crippen molar-refractivity contribution in [1.82, 2.24) is 5.32 Å². The number of aliphatic hydroxyl groups excluding tert-OH is 2. The number of carbonyl (C=O) groups excluding carboxylic acids is 2. The fourth-order valence-electron chi connectivity index (χ4n) is 9.64. The van der Waals surface area contributed by atoms with Gasteiger partial charge in [0.1, 0.15) is 0 Å². The Bertz CT molecular complexity index is 1000. The molecule has 0 aromatic carbocycles. The van der Waals surface area contributed by atoms with E-state index in [1.54, 1.807) is 6.08 Å². The highest BCUT2D eigenvalue weighted by Crippen LogP contribution is 2.18. The average molecular weight is 947 g/mol.